The smallest absolute Gasteiger partial charge is 0.425 e. The molecular formula is C21H19NO7S. The van der Waals surface area contributed by atoms with E-state index in [1.54, 1.807) is 54.6 Å². The monoisotopic (exact) mass is 429 g/mol. The van der Waals surface area contributed by atoms with E-state index in [0.717, 1.165) is 0 Å². The zero-order valence-electron chi connectivity index (χ0n) is 15.8. The van der Waals surface area contributed by atoms with Gasteiger partial charge in [-0.25, -0.2) is 18.0 Å². The second-order valence-electron chi connectivity index (χ2n) is 7.27. The maximum absolute atomic E-state index is 13.1. The predicted octanol–water partition coefficient (Wildman–Crippen LogP) is 2.68. The van der Waals surface area contributed by atoms with Gasteiger partial charge in [0.05, 0.1) is 5.25 Å². The summed E-state index contributed by atoms with van der Waals surface area (Å²) in [5, 5.41) is -0.450. The second kappa shape index (κ2) is 7.91. The topological polar surface area (TPSA) is 116 Å². The highest BCUT2D eigenvalue weighted by Gasteiger charge is 2.47. The van der Waals surface area contributed by atoms with Crippen molar-refractivity contribution in [2.24, 2.45) is 5.92 Å². The van der Waals surface area contributed by atoms with E-state index in [4.69, 9.17) is 9.47 Å². The van der Waals surface area contributed by atoms with Crippen LogP contribution in [0.3, 0.4) is 0 Å². The van der Waals surface area contributed by atoms with E-state index >= 15 is 0 Å². The van der Waals surface area contributed by atoms with Crippen LogP contribution in [-0.4, -0.2) is 31.8 Å². The summed E-state index contributed by atoms with van der Waals surface area (Å²) in [7, 11) is -4.37. The summed E-state index contributed by atoms with van der Waals surface area (Å²) in [5.74, 6) is -1.18. The van der Waals surface area contributed by atoms with Gasteiger partial charge in [0.15, 0.2) is 6.10 Å². The molecule has 2 aliphatic rings. The average molecular weight is 429 g/mol. The summed E-state index contributed by atoms with van der Waals surface area (Å²) in [4.78, 5) is 36.0. The van der Waals surface area contributed by atoms with Crippen molar-refractivity contribution in [1.29, 1.82) is 0 Å². The highest BCUT2D eigenvalue weighted by Crippen LogP contribution is 2.41. The first-order chi connectivity index (χ1) is 14.4. The number of cyclic esters (lactones) is 1. The number of hydrogen-bond donors (Lipinski definition) is 1. The lowest BCUT2D eigenvalue weighted by Crippen LogP contribution is -2.38. The SMILES string of the molecule is O=C1NC(=O)C([C@@H]2Cc3ccccc3C(S(=O)(=O)C(=O)OCc3ccccc3)C2)O1. The Morgan fingerprint density at radius 3 is 2.47 bits per heavy atom. The minimum atomic E-state index is -4.37. The standard InChI is InChI=1S/C21H19NO7S/c23-19-18(29-20(24)22-19)15-10-14-8-4-5-9-16(14)17(11-15)30(26,27)21(25)28-12-13-6-2-1-3-7-13/h1-9,15,17-18H,10-12H2,(H,22,23,24)/t15-,17?,18?/m1/s1. The molecule has 1 saturated heterocycles. The van der Waals surface area contributed by atoms with Crippen molar-refractivity contribution in [2.75, 3.05) is 0 Å². The predicted molar refractivity (Wildman–Crippen MR) is 105 cm³/mol. The van der Waals surface area contributed by atoms with Gasteiger partial charge in [0, 0.05) is 5.92 Å². The molecule has 2 unspecified atom stereocenters. The normalized spacial score (nSPS) is 23.3. The molecule has 1 heterocycles. The number of alkyl carbamates (subject to hydrolysis) is 1. The lowest BCUT2D eigenvalue weighted by Gasteiger charge is -2.32. The highest BCUT2D eigenvalue weighted by atomic mass is 32.2. The zero-order valence-corrected chi connectivity index (χ0v) is 16.6. The largest absolute Gasteiger partial charge is 0.449 e. The number of rotatable bonds is 4. The lowest BCUT2D eigenvalue weighted by molar-refractivity contribution is -0.125. The second-order valence-corrected chi connectivity index (χ2v) is 9.26. The molecule has 0 saturated carbocycles. The summed E-state index contributed by atoms with van der Waals surface area (Å²) in [6.45, 7) is -0.167. The third-order valence-corrected chi connectivity index (χ3v) is 7.13. The summed E-state index contributed by atoms with van der Waals surface area (Å²) in [6.07, 6.45) is -1.63. The molecule has 1 fully saturated rings. The zero-order chi connectivity index (χ0) is 21.3. The summed E-state index contributed by atoms with van der Waals surface area (Å²) in [6, 6.07) is 15.6. The molecule has 4 rings (SSSR count). The molecule has 0 radical (unpaired) electrons. The molecule has 8 nitrogen and oxygen atoms in total. The van der Waals surface area contributed by atoms with Crippen molar-refractivity contribution in [2.45, 2.75) is 30.8 Å². The van der Waals surface area contributed by atoms with E-state index in [9.17, 15) is 22.8 Å². The van der Waals surface area contributed by atoms with Crippen molar-refractivity contribution in [3.8, 4) is 0 Å². The molecule has 156 valence electrons. The number of sulfone groups is 1. The maximum atomic E-state index is 13.1. The molecular weight excluding hydrogens is 410 g/mol. The van der Waals surface area contributed by atoms with Crippen LogP contribution in [0.1, 0.15) is 28.4 Å². The molecule has 0 bridgehead atoms. The summed E-state index contributed by atoms with van der Waals surface area (Å²) < 4.78 is 36.3. The molecule has 1 aliphatic heterocycles. The van der Waals surface area contributed by atoms with E-state index in [-0.39, 0.29) is 13.0 Å². The third-order valence-electron chi connectivity index (χ3n) is 5.35. The number of imide groups is 1. The first kappa shape index (κ1) is 20.1. The maximum Gasteiger partial charge on any atom is 0.425 e. The average Bonchev–Trinajstić information content (AvgIpc) is 3.09. The van der Waals surface area contributed by atoms with Gasteiger partial charge in [0.1, 0.15) is 6.61 Å². The number of benzene rings is 2. The molecule has 30 heavy (non-hydrogen) atoms. The fraction of sp³-hybridized carbons (Fsp3) is 0.286. The van der Waals surface area contributed by atoms with E-state index in [0.29, 0.717) is 23.1 Å². The van der Waals surface area contributed by atoms with Gasteiger partial charge in [-0.15, -0.1) is 0 Å². The van der Waals surface area contributed by atoms with Gasteiger partial charge in [-0.05, 0) is 29.5 Å². The Bertz CT molecular complexity index is 1100. The first-order valence-electron chi connectivity index (χ1n) is 9.40. The van der Waals surface area contributed by atoms with Crippen molar-refractivity contribution in [1.82, 2.24) is 5.32 Å². The molecule has 2 aromatic carbocycles. The number of amides is 2. The molecule has 2 aromatic rings. The Hall–Kier alpha value is -3.20. The van der Waals surface area contributed by atoms with E-state index in [1.165, 1.54) is 0 Å². The number of fused-ring (bicyclic) bond motifs is 1. The Morgan fingerprint density at radius 2 is 1.77 bits per heavy atom. The van der Waals surface area contributed by atoms with Gasteiger partial charge in [-0.3, -0.25) is 10.1 Å². The number of nitrogens with one attached hydrogen (secondary N) is 1. The molecule has 0 spiro atoms. The molecule has 1 N–H and O–H groups in total. The molecule has 3 atom stereocenters. The van der Waals surface area contributed by atoms with Crippen molar-refractivity contribution < 1.29 is 32.3 Å². The summed E-state index contributed by atoms with van der Waals surface area (Å²) in [5.41, 5.74) is 1.85. The quantitative estimate of drug-likeness (QED) is 0.743. The van der Waals surface area contributed by atoms with Crippen LogP contribution in [0.5, 0.6) is 0 Å². The van der Waals surface area contributed by atoms with E-state index in [1.807, 2.05) is 0 Å². The Labute approximate surface area is 173 Å². The Balaban J connectivity index is 1.59. The minimum Gasteiger partial charge on any atom is -0.449 e. The van der Waals surface area contributed by atoms with Crippen LogP contribution in [0.15, 0.2) is 54.6 Å². The molecule has 2 amide bonds. The van der Waals surface area contributed by atoms with E-state index < -0.39 is 44.4 Å². The number of carbonyl (C=O) groups excluding carboxylic acids is 3. The fourth-order valence-electron chi connectivity index (χ4n) is 3.92. The van der Waals surface area contributed by atoms with Gasteiger partial charge in [-0.2, -0.15) is 0 Å². The van der Waals surface area contributed by atoms with Gasteiger partial charge >= 0.3 is 11.4 Å². The molecule has 0 aromatic heterocycles. The minimum absolute atomic E-state index is 0.0366. The fourth-order valence-corrected chi connectivity index (χ4v) is 5.44. The summed E-state index contributed by atoms with van der Waals surface area (Å²) >= 11 is 0. The van der Waals surface area contributed by atoms with Gasteiger partial charge in [0.2, 0.25) is 0 Å². The first-order valence-corrected chi connectivity index (χ1v) is 10.9. The Kier molecular flexibility index (Phi) is 5.29. The van der Waals surface area contributed by atoms with E-state index in [2.05, 4.69) is 5.32 Å². The van der Waals surface area contributed by atoms with Crippen LogP contribution >= 0.6 is 0 Å². The number of ether oxygens (including phenoxy) is 2. The van der Waals surface area contributed by atoms with Crippen LogP contribution in [0, 0.1) is 5.92 Å². The van der Waals surface area contributed by atoms with Crippen molar-refractivity contribution in [3.63, 3.8) is 0 Å². The van der Waals surface area contributed by atoms with Gasteiger partial charge in [-0.1, -0.05) is 54.6 Å². The third kappa shape index (κ3) is 3.80. The van der Waals surface area contributed by atoms with Crippen LogP contribution < -0.4 is 5.32 Å². The molecule has 9 heteroatoms. The Morgan fingerprint density at radius 1 is 1.07 bits per heavy atom. The van der Waals surface area contributed by atoms with Crippen molar-refractivity contribution >= 4 is 27.1 Å². The van der Waals surface area contributed by atoms with Crippen LogP contribution in [0.25, 0.3) is 0 Å². The van der Waals surface area contributed by atoms with Crippen LogP contribution in [-0.2, 0) is 37.1 Å². The number of hydrogen-bond acceptors (Lipinski definition) is 7. The van der Waals surface area contributed by atoms with Gasteiger partial charge in [0.25, 0.3) is 15.7 Å². The number of carbonyl (C=O) groups is 3. The lowest BCUT2D eigenvalue weighted by atomic mass is 9.80. The highest BCUT2D eigenvalue weighted by molar-refractivity contribution is 8.05. The van der Waals surface area contributed by atoms with Gasteiger partial charge < -0.3 is 9.47 Å². The van der Waals surface area contributed by atoms with Crippen LogP contribution in [0.2, 0.25) is 0 Å². The van der Waals surface area contributed by atoms with Crippen LogP contribution in [0.4, 0.5) is 9.59 Å². The van der Waals surface area contributed by atoms with Crippen molar-refractivity contribution in [3.05, 3.63) is 71.3 Å². The molecule has 1 aliphatic carbocycles.